The van der Waals surface area contributed by atoms with Gasteiger partial charge in [-0.1, -0.05) is 19.8 Å². The zero-order valence-electron chi connectivity index (χ0n) is 12.7. The predicted octanol–water partition coefficient (Wildman–Crippen LogP) is 3.49. The molecule has 0 aliphatic heterocycles. The number of hydrogen-bond donors (Lipinski definition) is 1. The van der Waals surface area contributed by atoms with Crippen molar-refractivity contribution in [3.8, 4) is 0 Å². The van der Waals surface area contributed by atoms with E-state index in [0.29, 0.717) is 6.04 Å². The van der Waals surface area contributed by atoms with Gasteiger partial charge in [-0.3, -0.25) is 4.90 Å². The first-order valence-corrected chi connectivity index (χ1v) is 7.54. The van der Waals surface area contributed by atoms with Gasteiger partial charge in [-0.2, -0.15) is 0 Å². The lowest BCUT2D eigenvalue weighted by Crippen LogP contribution is -2.46. The fourth-order valence-electron chi connectivity index (χ4n) is 3.55. The average Bonchev–Trinajstić information content (AvgIpc) is 2.75. The van der Waals surface area contributed by atoms with E-state index >= 15 is 0 Å². The topological polar surface area (TPSA) is 42.4 Å². The third-order valence-electron chi connectivity index (χ3n) is 4.58. The molecule has 0 bridgehead atoms. The van der Waals surface area contributed by atoms with Gasteiger partial charge in [-0.15, -0.1) is 0 Å². The van der Waals surface area contributed by atoms with Gasteiger partial charge in [-0.05, 0) is 51.8 Å². The number of hydrogen-bond acceptors (Lipinski definition) is 3. The molecule has 0 aromatic carbocycles. The monoisotopic (exact) mass is 264 g/mol. The lowest BCUT2D eigenvalue weighted by Gasteiger charge is -2.41. The SMILES string of the molecule is Cc1ccc(C(C(C)N)N(C)C2CCCCC2C)o1. The summed E-state index contributed by atoms with van der Waals surface area (Å²) in [5, 5.41) is 0. The Hall–Kier alpha value is -0.800. The summed E-state index contributed by atoms with van der Waals surface area (Å²) in [5.41, 5.74) is 6.23. The van der Waals surface area contributed by atoms with E-state index < -0.39 is 0 Å². The van der Waals surface area contributed by atoms with Crippen LogP contribution in [0, 0.1) is 12.8 Å². The second-order valence-corrected chi connectivity index (χ2v) is 6.25. The van der Waals surface area contributed by atoms with Gasteiger partial charge < -0.3 is 10.2 Å². The van der Waals surface area contributed by atoms with Crippen LogP contribution in [0.2, 0.25) is 0 Å². The Morgan fingerprint density at radius 3 is 2.53 bits per heavy atom. The second-order valence-electron chi connectivity index (χ2n) is 6.25. The first-order valence-electron chi connectivity index (χ1n) is 7.54. The number of likely N-dealkylation sites (N-methyl/N-ethyl adjacent to an activating group) is 1. The Labute approximate surface area is 117 Å². The van der Waals surface area contributed by atoms with Crippen molar-refractivity contribution in [1.82, 2.24) is 4.90 Å². The van der Waals surface area contributed by atoms with Crippen LogP contribution in [0.1, 0.15) is 57.1 Å². The molecule has 3 nitrogen and oxygen atoms in total. The number of aryl methyl sites for hydroxylation is 1. The van der Waals surface area contributed by atoms with Crippen molar-refractivity contribution < 1.29 is 4.42 Å². The molecule has 2 rings (SSSR count). The van der Waals surface area contributed by atoms with Gasteiger partial charge in [0.25, 0.3) is 0 Å². The fraction of sp³-hybridized carbons (Fsp3) is 0.750. The largest absolute Gasteiger partial charge is 0.465 e. The Morgan fingerprint density at radius 1 is 1.32 bits per heavy atom. The highest BCUT2D eigenvalue weighted by Gasteiger charge is 2.33. The van der Waals surface area contributed by atoms with Gasteiger partial charge in [0.05, 0.1) is 6.04 Å². The van der Waals surface area contributed by atoms with Crippen LogP contribution in [0.4, 0.5) is 0 Å². The second kappa shape index (κ2) is 6.10. The van der Waals surface area contributed by atoms with E-state index in [4.69, 9.17) is 10.2 Å². The van der Waals surface area contributed by atoms with Crippen LogP contribution < -0.4 is 5.73 Å². The lowest BCUT2D eigenvalue weighted by atomic mass is 9.84. The summed E-state index contributed by atoms with van der Waals surface area (Å²) < 4.78 is 5.83. The van der Waals surface area contributed by atoms with Gasteiger partial charge in [0.15, 0.2) is 0 Å². The zero-order chi connectivity index (χ0) is 14.0. The maximum atomic E-state index is 6.23. The molecule has 1 aliphatic rings. The summed E-state index contributed by atoms with van der Waals surface area (Å²) in [4.78, 5) is 2.45. The third-order valence-corrected chi connectivity index (χ3v) is 4.58. The van der Waals surface area contributed by atoms with Crippen molar-refractivity contribution in [3.05, 3.63) is 23.7 Å². The summed E-state index contributed by atoms with van der Waals surface area (Å²) in [5.74, 6) is 2.72. The molecular weight excluding hydrogens is 236 g/mol. The molecule has 0 radical (unpaired) electrons. The van der Waals surface area contributed by atoms with Crippen LogP contribution in [0.5, 0.6) is 0 Å². The molecule has 19 heavy (non-hydrogen) atoms. The minimum atomic E-state index is 0.0738. The highest BCUT2D eigenvalue weighted by molar-refractivity contribution is 5.12. The molecule has 1 saturated carbocycles. The van der Waals surface area contributed by atoms with Crippen molar-refractivity contribution in [2.45, 2.75) is 64.6 Å². The lowest BCUT2D eigenvalue weighted by molar-refractivity contribution is 0.0747. The number of nitrogens with two attached hydrogens (primary N) is 1. The van der Waals surface area contributed by atoms with E-state index in [2.05, 4.69) is 31.9 Å². The van der Waals surface area contributed by atoms with Crippen molar-refractivity contribution >= 4 is 0 Å². The minimum Gasteiger partial charge on any atom is -0.465 e. The maximum absolute atomic E-state index is 6.23. The smallest absolute Gasteiger partial charge is 0.122 e. The van der Waals surface area contributed by atoms with E-state index in [9.17, 15) is 0 Å². The number of rotatable bonds is 4. The van der Waals surface area contributed by atoms with Crippen LogP contribution in [0.15, 0.2) is 16.5 Å². The van der Waals surface area contributed by atoms with Crippen molar-refractivity contribution in [3.63, 3.8) is 0 Å². The third kappa shape index (κ3) is 3.21. The number of furan rings is 1. The molecule has 0 spiro atoms. The Bertz CT molecular complexity index is 399. The number of nitrogens with zero attached hydrogens (tertiary/aromatic N) is 1. The summed E-state index contributed by atoms with van der Waals surface area (Å²) in [6.45, 7) is 6.43. The van der Waals surface area contributed by atoms with Gasteiger partial charge in [0.1, 0.15) is 11.5 Å². The first kappa shape index (κ1) is 14.6. The molecule has 1 fully saturated rings. The summed E-state index contributed by atoms with van der Waals surface area (Å²) in [6, 6.07) is 4.98. The molecule has 1 aromatic heterocycles. The van der Waals surface area contributed by atoms with E-state index in [0.717, 1.165) is 17.4 Å². The van der Waals surface area contributed by atoms with Gasteiger partial charge in [-0.25, -0.2) is 0 Å². The molecule has 4 unspecified atom stereocenters. The highest BCUT2D eigenvalue weighted by atomic mass is 16.3. The van der Waals surface area contributed by atoms with Gasteiger partial charge >= 0.3 is 0 Å². The van der Waals surface area contributed by atoms with Crippen LogP contribution in [0.3, 0.4) is 0 Å². The molecule has 2 N–H and O–H groups in total. The van der Waals surface area contributed by atoms with Crippen molar-refractivity contribution in [2.24, 2.45) is 11.7 Å². The molecule has 1 aromatic rings. The standard InChI is InChI=1S/C16H28N2O/c1-11-7-5-6-8-14(11)18(4)16(13(3)17)15-10-9-12(2)19-15/h9-11,13-14,16H,5-8,17H2,1-4H3. The first-order chi connectivity index (χ1) is 9.00. The van der Waals surface area contributed by atoms with Crippen LogP contribution in [-0.2, 0) is 0 Å². The molecule has 4 atom stereocenters. The summed E-state index contributed by atoms with van der Waals surface area (Å²) in [7, 11) is 2.21. The molecular formula is C16H28N2O. The minimum absolute atomic E-state index is 0.0738. The Morgan fingerprint density at radius 2 is 2.00 bits per heavy atom. The van der Waals surface area contributed by atoms with E-state index in [1.54, 1.807) is 0 Å². The van der Waals surface area contributed by atoms with Gasteiger partial charge in [0, 0.05) is 12.1 Å². The molecule has 108 valence electrons. The highest BCUT2D eigenvalue weighted by Crippen LogP contribution is 2.34. The summed E-state index contributed by atoms with van der Waals surface area (Å²) >= 11 is 0. The maximum Gasteiger partial charge on any atom is 0.122 e. The van der Waals surface area contributed by atoms with Crippen LogP contribution in [0.25, 0.3) is 0 Å². The summed E-state index contributed by atoms with van der Waals surface area (Å²) in [6.07, 6.45) is 5.31. The quantitative estimate of drug-likeness (QED) is 0.905. The van der Waals surface area contributed by atoms with Crippen molar-refractivity contribution in [1.29, 1.82) is 0 Å². The normalized spacial score (nSPS) is 27.5. The Kier molecular flexibility index (Phi) is 4.69. The van der Waals surface area contributed by atoms with Crippen LogP contribution >= 0.6 is 0 Å². The molecule has 0 saturated heterocycles. The predicted molar refractivity (Wildman–Crippen MR) is 79.0 cm³/mol. The molecule has 1 aliphatic carbocycles. The van der Waals surface area contributed by atoms with Crippen LogP contribution in [-0.4, -0.2) is 24.0 Å². The molecule has 3 heteroatoms. The average molecular weight is 264 g/mol. The van der Waals surface area contributed by atoms with E-state index in [1.165, 1.54) is 25.7 Å². The van der Waals surface area contributed by atoms with Gasteiger partial charge in [0.2, 0.25) is 0 Å². The van der Waals surface area contributed by atoms with Crippen molar-refractivity contribution in [2.75, 3.05) is 7.05 Å². The van der Waals surface area contributed by atoms with E-state index in [1.807, 2.05) is 13.0 Å². The zero-order valence-corrected chi connectivity index (χ0v) is 12.7. The molecule has 0 amide bonds. The fourth-order valence-corrected chi connectivity index (χ4v) is 3.55. The molecule has 1 heterocycles. The van der Waals surface area contributed by atoms with E-state index in [-0.39, 0.29) is 12.1 Å². The Balaban J connectivity index is 2.18.